The minimum Gasteiger partial charge on any atom is -0.480 e. The average molecular weight is 251 g/mol. The van der Waals surface area contributed by atoms with Gasteiger partial charge in [0.1, 0.15) is 5.76 Å². The van der Waals surface area contributed by atoms with Crippen LogP contribution in [0.25, 0.3) is 0 Å². The van der Waals surface area contributed by atoms with Gasteiger partial charge in [-0.2, -0.15) is 0 Å². The van der Waals surface area contributed by atoms with Crippen molar-refractivity contribution in [2.24, 2.45) is 0 Å². The fourth-order valence-corrected chi connectivity index (χ4v) is 2.75. The van der Waals surface area contributed by atoms with Crippen LogP contribution in [0, 0.1) is 0 Å². The Balaban J connectivity index is 2.30. The van der Waals surface area contributed by atoms with Crippen molar-refractivity contribution in [1.82, 2.24) is 4.90 Å². The number of furan rings is 1. The second-order valence-electron chi connectivity index (χ2n) is 5.90. The minimum absolute atomic E-state index is 0.0682. The molecule has 0 aliphatic heterocycles. The Kier molecular flexibility index (Phi) is 3.48. The summed E-state index contributed by atoms with van der Waals surface area (Å²) in [6.45, 7) is 6.25. The third kappa shape index (κ3) is 2.58. The highest BCUT2D eigenvalue weighted by atomic mass is 16.4. The molecule has 100 valence electrons. The van der Waals surface area contributed by atoms with E-state index < -0.39 is 5.97 Å². The second kappa shape index (κ2) is 4.76. The third-order valence-corrected chi connectivity index (χ3v) is 3.56. The van der Waals surface area contributed by atoms with Crippen LogP contribution >= 0.6 is 0 Å². The normalized spacial score (nSPS) is 19.9. The van der Waals surface area contributed by atoms with Gasteiger partial charge in [-0.05, 0) is 39.7 Å². The van der Waals surface area contributed by atoms with Gasteiger partial charge in [0.25, 0.3) is 0 Å². The molecule has 4 nitrogen and oxygen atoms in total. The Hall–Kier alpha value is -1.29. The number of fused-ring (bicyclic) bond motifs is 1. The SMILES string of the molecule is CC(C)(C)N(CC(=O)O)C1CCCc2occc21. The Morgan fingerprint density at radius 3 is 2.89 bits per heavy atom. The van der Waals surface area contributed by atoms with Gasteiger partial charge >= 0.3 is 5.97 Å². The van der Waals surface area contributed by atoms with Gasteiger partial charge in [-0.3, -0.25) is 9.69 Å². The number of aryl methyl sites for hydroxylation is 1. The van der Waals surface area contributed by atoms with Crippen LogP contribution in [0.5, 0.6) is 0 Å². The fraction of sp³-hybridized carbons (Fsp3) is 0.643. The van der Waals surface area contributed by atoms with Crippen LogP contribution in [0.3, 0.4) is 0 Å². The van der Waals surface area contributed by atoms with E-state index >= 15 is 0 Å². The van der Waals surface area contributed by atoms with Gasteiger partial charge in [0.05, 0.1) is 12.8 Å². The van der Waals surface area contributed by atoms with Gasteiger partial charge < -0.3 is 9.52 Å². The van der Waals surface area contributed by atoms with E-state index in [1.54, 1.807) is 6.26 Å². The molecule has 0 saturated carbocycles. The predicted molar refractivity (Wildman–Crippen MR) is 68.5 cm³/mol. The van der Waals surface area contributed by atoms with Gasteiger partial charge in [0, 0.05) is 23.6 Å². The molecule has 0 amide bonds. The Labute approximate surface area is 108 Å². The number of aliphatic carboxylic acids is 1. The first-order chi connectivity index (χ1) is 8.39. The summed E-state index contributed by atoms with van der Waals surface area (Å²) >= 11 is 0. The smallest absolute Gasteiger partial charge is 0.317 e. The van der Waals surface area contributed by atoms with E-state index in [2.05, 4.69) is 25.7 Å². The molecule has 1 N–H and O–H groups in total. The van der Waals surface area contributed by atoms with E-state index in [0.717, 1.165) is 30.6 Å². The maximum absolute atomic E-state index is 11.1. The maximum atomic E-state index is 11.1. The number of rotatable bonds is 3. The second-order valence-corrected chi connectivity index (χ2v) is 5.90. The molecule has 0 fully saturated rings. The topological polar surface area (TPSA) is 53.7 Å². The van der Waals surface area contributed by atoms with Crippen molar-refractivity contribution in [1.29, 1.82) is 0 Å². The largest absolute Gasteiger partial charge is 0.480 e. The first-order valence-corrected chi connectivity index (χ1v) is 6.44. The molecule has 0 radical (unpaired) electrons. The van der Waals surface area contributed by atoms with E-state index in [4.69, 9.17) is 9.52 Å². The van der Waals surface area contributed by atoms with Crippen molar-refractivity contribution in [2.75, 3.05) is 6.54 Å². The number of carboxylic acids is 1. The fourth-order valence-electron chi connectivity index (χ4n) is 2.75. The molecule has 0 spiro atoms. The zero-order valence-electron chi connectivity index (χ0n) is 11.3. The van der Waals surface area contributed by atoms with Gasteiger partial charge in [0.2, 0.25) is 0 Å². The van der Waals surface area contributed by atoms with Crippen molar-refractivity contribution in [3.8, 4) is 0 Å². The summed E-state index contributed by atoms with van der Waals surface area (Å²) in [5, 5.41) is 9.11. The minimum atomic E-state index is -0.777. The molecule has 0 bridgehead atoms. The molecular weight excluding hydrogens is 230 g/mol. The summed E-state index contributed by atoms with van der Waals surface area (Å²) in [4.78, 5) is 13.1. The molecule has 1 atom stereocenters. The zero-order valence-corrected chi connectivity index (χ0v) is 11.3. The summed E-state index contributed by atoms with van der Waals surface area (Å²) in [6.07, 6.45) is 4.73. The molecule has 18 heavy (non-hydrogen) atoms. The van der Waals surface area contributed by atoms with Crippen molar-refractivity contribution in [3.63, 3.8) is 0 Å². The van der Waals surface area contributed by atoms with E-state index in [9.17, 15) is 4.79 Å². The summed E-state index contributed by atoms with van der Waals surface area (Å²) in [7, 11) is 0. The summed E-state index contributed by atoms with van der Waals surface area (Å²) in [6, 6.07) is 2.14. The molecule has 1 aromatic heterocycles. The Morgan fingerprint density at radius 1 is 1.56 bits per heavy atom. The summed E-state index contributed by atoms with van der Waals surface area (Å²) in [5.74, 6) is 0.242. The highest BCUT2D eigenvalue weighted by Gasteiger charge is 2.35. The first kappa shape index (κ1) is 13.1. The summed E-state index contributed by atoms with van der Waals surface area (Å²) < 4.78 is 5.48. The maximum Gasteiger partial charge on any atom is 0.317 e. The van der Waals surface area contributed by atoms with Crippen LogP contribution in [-0.2, 0) is 11.2 Å². The first-order valence-electron chi connectivity index (χ1n) is 6.44. The molecule has 1 aliphatic carbocycles. The van der Waals surface area contributed by atoms with Crippen LogP contribution < -0.4 is 0 Å². The molecule has 2 rings (SSSR count). The lowest BCUT2D eigenvalue weighted by Gasteiger charge is -2.42. The number of nitrogens with zero attached hydrogens (tertiary/aromatic N) is 1. The van der Waals surface area contributed by atoms with Gasteiger partial charge in [0.15, 0.2) is 0 Å². The van der Waals surface area contributed by atoms with Crippen LogP contribution in [-0.4, -0.2) is 28.1 Å². The average Bonchev–Trinajstić information content (AvgIpc) is 2.71. The number of hydrogen-bond acceptors (Lipinski definition) is 3. The van der Waals surface area contributed by atoms with Gasteiger partial charge in [-0.1, -0.05) is 0 Å². The van der Waals surface area contributed by atoms with E-state index in [1.807, 2.05) is 6.07 Å². The Morgan fingerprint density at radius 2 is 2.28 bits per heavy atom. The van der Waals surface area contributed by atoms with E-state index in [1.165, 1.54) is 0 Å². The van der Waals surface area contributed by atoms with Crippen LogP contribution in [0.15, 0.2) is 16.7 Å². The molecule has 1 heterocycles. The van der Waals surface area contributed by atoms with E-state index in [-0.39, 0.29) is 18.1 Å². The predicted octanol–water partition coefficient (Wildman–Crippen LogP) is 2.84. The highest BCUT2D eigenvalue weighted by molar-refractivity contribution is 5.69. The van der Waals surface area contributed by atoms with Crippen molar-refractivity contribution < 1.29 is 14.3 Å². The number of carboxylic acid groups (broad SMARTS) is 1. The van der Waals surface area contributed by atoms with Gasteiger partial charge in [-0.25, -0.2) is 0 Å². The Bertz CT molecular complexity index is 430. The molecule has 0 saturated heterocycles. The lowest BCUT2D eigenvalue weighted by atomic mass is 9.89. The standard InChI is InChI=1S/C14H21NO3/c1-14(2,3)15(9-13(16)17)11-5-4-6-12-10(11)7-8-18-12/h7-8,11H,4-6,9H2,1-3H3,(H,16,17). The number of carbonyl (C=O) groups is 1. The molecule has 1 aromatic rings. The lowest BCUT2D eigenvalue weighted by Crippen LogP contribution is -2.47. The molecule has 1 aliphatic rings. The van der Waals surface area contributed by atoms with Crippen LogP contribution in [0.1, 0.15) is 51.0 Å². The third-order valence-electron chi connectivity index (χ3n) is 3.56. The van der Waals surface area contributed by atoms with Gasteiger partial charge in [-0.15, -0.1) is 0 Å². The lowest BCUT2D eigenvalue weighted by molar-refractivity contribution is -0.141. The van der Waals surface area contributed by atoms with Crippen molar-refractivity contribution in [3.05, 3.63) is 23.7 Å². The highest BCUT2D eigenvalue weighted by Crippen LogP contribution is 2.38. The van der Waals surface area contributed by atoms with Crippen molar-refractivity contribution >= 4 is 5.97 Å². The molecular formula is C14H21NO3. The van der Waals surface area contributed by atoms with Crippen LogP contribution in [0.2, 0.25) is 0 Å². The molecule has 4 heteroatoms. The van der Waals surface area contributed by atoms with E-state index in [0.29, 0.717) is 0 Å². The molecule has 0 aromatic carbocycles. The quantitative estimate of drug-likeness (QED) is 0.897. The van der Waals surface area contributed by atoms with Crippen molar-refractivity contribution in [2.45, 2.75) is 51.6 Å². The monoisotopic (exact) mass is 251 g/mol. The van der Waals surface area contributed by atoms with Crippen LogP contribution in [0.4, 0.5) is 0 Å². The number of hydrogen-bond donors (Lipinski definition) is 1. The molecule has 1 unspecified atom stereocenters. The summed E-state index contributed by atoms with van der Waals surface area (Å²) in [5.41, 5.74) is 0.993. The zero-order chi connectivity index (χ0) is 13.3.